The zero-order valence-electron chi connectivity index (χ0n) is 20.3. The average Bonchev–Trinajstić information content (AvgIpc) is 3.31. The molecule has 0 radical (unpaired) electrons. The molecule has 1 aliphatic heterocycles. The molecular formula is C26H31N3O5S. The summed E-state index contributed by atoms with van der Waals surface area (Å²) in [6.07, 6.45) is 0. The molecule has 9 heteroatoms. The number of hydrogen-bond donors (Lipinski definition) is 0. The summed E-state index contributed by atoms with van der Waals surface area (Å²) in [7, 11) is -3.68. The van der Waals surface area contributed by atoms with E-state index in [9.17, 15) is 18.0 Å². The minimum Gasteiger partial charge on any atom is -0.459 e. The number of furan rings is 1. The van der Waals surface area contributed by atoms with Crippen LogP contribution in [0.1, 0.15) is 42.9 Å². The highest BCUT2D eigenvalue weighted by molar-refractivity contribution is 7.89. The van der Waals surface area contributed by atoms with E-state index in [0.717, 1.165) is 16.7 Å². The molecule has 1 unspecified atom stereocenters. The Balaban J connectivity index is 1.36. The van der Waals surface area contributed by atoms with Gasteiger partial charge in [0.25, 0.3) is 0 Å². The fourth-order valence-corrected chi connectivity index (χ4v) is 5.80. The van der Waals surface area contributed by atoms with E-state index in [1.807, 2.05) is 44.2 Å². The van der Waals surface area contributed by atoms with E-state index in [-0.39, 0.29) is 42.3 Å². The van der Waals surface area contributed by atoms with Crippen LogP contribution < -0.4 is 0 Å². The van der Waals surface area contributed by atoms with Crippen LogP contribution in [0.4, 0.5) is 0 Å². The van der Waals surface area contributed by atoms with Gasteiger partial charge in [-0.25, -0.2) is 8.42 Å². The molecule has 1 saturated heterocycles. The number of nitrogens with zero attached hydrogens (tertiary/aromatic N) is 3. The van der Waals surface area contributed by atoms with Gasteiger partial charge in [0.2, 0.25) is 15.9 Å². The van der Waals surface area contributed by atoms with Crippen molar-refractivity contribution in [3.63, 3.8) is 0 Å². The summed E-state index contributed by atoms with van der Waals surface area (Å²) in [5, 5.41) is 1.03. The number of Topliss-reactive ketones (excluding diaryl/α,β-unsaturated/α-hetero) is 1. The van der Waals surface area contributed by atoms with Gasteiger partial charge in [0, 0.05) is 37.1 Å². The van der Waals surface area contributed by atoms with Gasteiger partial charge in [-0.2, -0.15) is 4.31 Å². The van der Waals surface area contributed by atoms with Gasteiger partial charge < -0.3 is 9.32 Å². The van der Waals surface area contributed by atoms with E-state index in [0.29, 0.717) is 25.2 Å². The first kappa shape index (κ1) is 25.1. The van der Waals surface area contributed by atoms with Gasteiger partial charge >= 0.3 is 0 Å². The number of ketones is 1. The first-order chi connectivity index (χ1) is 16.7. The van der Waals surface area contributed by atoms with Gasteiger partial charge in [0.1, 0.15) is 11.3 Å². The minimum absolute atomic E-state index is 0.0299. The number of para-hydroxylation sites is 1. The number of piperazine rings is 1. The van der Waals surface area contributed by atoms with Gasteiger partial charge in [0.05, 0.1) is 17.5 Å². The largest absolute Gasteiger partial charge is 0.459 e. The predicted octanol–water partition coefficient (Wildman–Crippen LogP) is 3.55. The average molecular weight is 498 g/mol. The van der Waals surface area contributed by atoms with E-state index < -0.39 is 10.0 Å². The van der Waals surface area contributed by atoms with E-state index in [1.165, 1.54) is 35.5 Å². The molecule has 1 aliphatic rings. The van der Waals surface area contributed by atoms with Crippen LogP contribution in [-0.4, -0.2) is 73.5 Å². The molecular weight excluding hydrogens is 466 g/mol. The summed E-state index contributed by atoms with van der Waals surface area (Å²) < 4.78 is 33.4. The Morgan fingerprint density at radius 1 is 1.03 bits per heavy atom. The Kier molecular flexibility index (Phi) is 7.39. The maximum absolute atomic E-state index is 13.1. The van der Waals surface area contributed by atoms with E-state index >= 15 is 0 Å². The highest BCUT2D eigenvalue weighted by Gasteiger charge is 2.31. The van der Waals surface area contributed by atoms with Gasteiger partial charge in [-0.1, -0.05) is 37.3 Å². The Labute approximate surface area is 206 Å². The number of carbonyl (C=O) groups is 2. The van der Waals surface area contributed by atoms with E-state index in [4.69, 9.17) is 4.42 Å². The van der Waals surface area contributed by atoms with Crippen molar-refractivity contribution >= 4 is 32.7 Å². The molecule has 35 heavy (non-hydrogen) atoms. The molecule has 2 aromatic carbocycles. The second kappa shape index (κ2) is 10.3. The molecule has 1 fully saturated rings. The first-order valence-corrected chi connectivity index (χ1v) is 13.3. The fourth-order valence-electron chi connectivity index (χ4n) is 4.37. The number of rotatable bonds is 8. The molecule has 0 bridgehead atoms. The van der Waals surface area contributed by atoms with Gasteiger partial charge in [-0.05, 0) is 44.7 Å². The molecule has 0 spiro atoms. The van der Waals surface area contributed by atoms with Crippen molar-refractivity contribution in [3.05, 3.63) is 65.9 Å². The van der Waals surface area contributed by atoms with Crippen molar-refractivity contribution in [2.45, 2.75) is 31.7 Å². The van der Waals surface area contributed by atoms with Crippen molar-refractivity contribution < 1.29 is 22.4 Å². The quantitative estimate of drug-likeness (QED) is 0.442. The van der Waals surface area contributed by atoms with Crippen molar-refractivity contribution in [1.82, 2.24) is 14.1 Å². The van der Waals surface area contributed by atoms with Crippen molar-refractivity contribution in [2.75, 3.05) is 39.3 Å². The van der Waals surface area contributed by atoms with Crippen LogP contribution in [0.3, 0.4) is 0 Å². The zero-order chi connectivity index (χ0) is 25.2. The van der Waals surface area contributed by atoms with Crippen LogP contribution in [-0.2, 0) is 14.8 Å². The summed E-state index contributed by atoms with van der Waals surface area (Å²) in [6, 6.07) is 15.7. The molecule has 2 heterocycles. The van der Waals surface area contributed by atoms with Gasteiger partial charge in [-0.3, -0.25) is 14.5 Å². The molecule has 1 aromatic heterocycles. The summed E-state index contributed by atoms with van der Waals surface area (Å²) in [5.41, 5.74) is 1.29. The zero-order valence-corrected chi connectivity index (χ0v) is 21.1. The Hall–Kier alpha value is -3.01. The van der Waals surface area contributed by atoms with E-state index in [2.05, 4.69) is 4.90 Å². The number of likely N-dealkylation sites (N-methyl/N-ethyl adjacent to an activating group) is 1. The highest BCUT2D eigenvalue weighted by Crippen LogP contribution is 2.27. The molecule has 1 atom stereocenters. The predicted molar refractivity (Wildman–Crippen MR) is 134 cm³/mol. The third kappa shape index (κ3) is 5.32. The third-order valence-electron chi connectivity index (χ3n) is 6.64. The SMILES string of the molecule is CCN(CC(=O)N1CCN(S(=O)(=O)c2ccc(C(C)=O)cc2)CC1)C(C)c1cc2ccccc2o1. The molecule has 1 amide bonds. The number of hydrogen-bond acceptors (Lipinski definition) is 6. The number of carbonyl (C=O) groups excluding carboxylic acids is 2. The molecule has 0 saturated carbocycles. The second-order valence-electron chi connectivity index (χ2n) is 8.79. The second-order valence-corrected chi connectivity index (χ2v) is 10.7. The summed E-state index contributed by atoms with van der Waals surface area (Å²) >= 11 is 0. The number of fused-ring (bicyclic) bond motifs is 1. The monoisotopic (exact) mass is 497 g/mol. The molecule has 4 rings (SSSR count). The van der Waals surface area contributed by atoms with Crippen molar-refractivity contribution in [2.24, 2.45) is 0 Å². The lowest BCUT2D eigenvalue weighted by Gasteiger charge is -2.35. The Morgan fingerprint density at radius 2 is 1.69 bits per heavy atom. The van der Waals surface area contributed by atoms with Crippen LogP contribution in [0.2, 0.25) is 0 Å². The first-order valence-electron chi connectivity index (χ1n) is 11.8. The summed E-state index contributed by atoms with van der Waals surface area (Å²) in [6.45, 7) is 7.51. The van der Waals surface area contributed by atoms with Crippen molar-refractivity contribution in [1.29, 1.82) is 0 Å². The van der Waals surface area contributed by atoms with Crippen LogP contribution in [0, 0.1) is 0 Å². The number of sulfonamides is 1. The number of benzene rings is 2. The molecule has 8 nitrogen and oxygen atoms in total. The van der Waals surface area contributed by atoms with Gasteiger partial charge in [-0.15, -0.1) is 0 Å². The topological polar surface area (TPSA) is 91.1 Å². The molecule has 3 aromatic rings. The van der Waals surface area contributed by atoms with Crippen molar-refractivity contribution in [3.8, 4) is 0 Å². The van der Waals surface area contributed by atoms with Crippen LogP contribution >= 0.6 is 0 Å². The van der Waals surface area contributed by atoms with E-state index in [1.54, 1.807) is 4.90 Å². The normalized spacial score (nSPS) is 16.1. The molecule has 0 aliphatic carbocycles. The maximum Gasteiger partial charge on any atom is 0.243 e. The smallest absolute Gasteiger partial charge is 0.243 e. The summed E-state index contributed by atoms with van der Waals surface area (Å²) in [5.74, 6) is 0.669. The molecule has 186 valence electrons. The van der Waals surface area contributed by atoms with Crippen LogP contribution in [0.15, 0.2) is 63.9 Å². The fraction of sp³-hybridized carbons (Fsp3) is 0.385. The standard InChI is InChI=1S/C26H31N3O5S/c1-4-27(19(2)25-17-22-7-5-6-8-24(22)34-25)18-26(31)28-13-15-29(16-14-28)35(32,33)23-11-9-21(10-12-23)20(3)30/h5-12,17,19H,4,13-16,18H2,1-3H3. The number of amides is 1. The highest BCUT2D eigenvalue weighted by atomic mass is 32.2. The molecule has 0 N–H and O–H groups in total. The maximum atomic E-state index is 13.1. The lowest BCUT2D eigenvalue weighted by Crippen LogP contribution is -2.52. The van der Waals surface area contributed by atoms with Gasteiger partial charge in [0.15, 0.2) is 5.78 Å². The lowest BCUT2D eigenvalue weighted by molar-refractivity contribution is -0.134. The van der Waals surface area contributed by atoms with Crippen LogP contribution in [0.25, 0.3) is 11.0 Å². The summed E-state index contributed by atoms with van der Waals surface area (Å²) in [4.78, 5) is 28.4. The lowest BCUT2D eigenvalue weighted by atomic mass is 10.2. The third-order valence-corrected chi connectivity index (χ3v) is 8.55. The Morgan fingerprint density at radius 3 is 2.29 bits per heavy atom. The Bertz CT molecular complexity index is 1280. The minimum atomic E-state index is -3.68. The van der Waals surface area contributed by atoms with Crippen LogP contribution in [0.5, 0.6) is 0 Å².